The van der Waals surface area contributed by atoms with Gasteiger partial charge in [0.25, 0.3) is 5.91 Å². The second-order valence-corrected chi connectivity index (χ2v) is 9.35. The minimum atomic E-state index is 0.0367. The fraction of sp³-hybridized carbons (Fsp3) is 0.407. The summed E-state index contributed by atoms with van der Waals surface area (Å²) >= 11 is 0. The third-order valence-corrected chi connectivity index (χ3v) is 7.30. The summed E-state index contributed by atoms with van der Waals surface area (Å²) in [6.45, 7) is 3.18. The van der Waals surface area contributed by atoms with E-state index in [0.717, 1.165) is 66.8 Å². The Balaban J connectivity index is 1.08. The van der Waals surface area contributed by atoms with Gasteiger partial charge in [-0.25, -0.2) is 0 Å². The zero-order chi connectivity index (χ0) is 21.9. The second-order valence-electron chi connectivity index (χ2n) is 9.35. The van der Waals surface area contributed by atoms with Crippen LogP contribution in [0.3, 0.4) is 0 Å². The largest absolute Gasteiger partial charge is 0.360 e. The number of hydrogen-bond donors (Lipinski definition) is 2. The summed E-state index contributed by atoms with van der Waals surface area (Å²) in [5.74, 6) is 0.776. The highest BCUT2D eigenvalue weighted by molar-refractivity contribution is 6.06. The molecule has 2 N–H and O–H groups in total. The molecule has 0 saturated heterocycles. The molecule has 3 aromatic rings. The number of hydrogen-bond acceptors (Lipinski definition) is 3. The van der Waals surface area contributed by atoms with Crippen molar-refractivity contribution < 1.29 is 4.79 Å². The molecule has 5 nitrogen and oxygen atoms in total. The fourth-order valence-corrected chi connectivity index (χ4v) is 5.36. The van der Waals surface area contributed by atoms with Crippen LogP contribution in [0.2, 0.25) is 0 Å². The summed E-state index contributed by atoms with van der Waals surface area (Å²) in [5, 5.41) is 13.4. The van der Waals surface area contributed by atoms with Gasteiger partial charge in [0, 0.05) is 36.2 Å². The number of nitrogens with zero attached hydrogens (tertiary/aromatic N) is 2. The van der Waals surface area contributed by atoms with Gasteiger partial charge in [0.1, 0.15) is 0 Å². The molecule has 1 aromatic heterocycles. The molecule has 0 unspecified atom stereocenters. The Morgan fingerprint density at radius 2 is 1.97 bits per heavy atom. The quantitative estimate of drug-likeness (QED) is 0.617. The van der Waals surface area contributed by atoms with Gasteiger partial charge < -0.3 is 10.3 Å². The second kappa shape index (κ2) is 9.18. The molecular formula is C27H30N4O. The molecule has 32 heavy (non-hydrogen) atoms. The van der Waals surface area contributed by atoms with Gasteiger partial charge in [0.15, 0.2) is 0 Å². The Morgan fingerprint density at radius 1 is 1.12 bits per heavy atom. The van der Waals surface area contributed by atoms with Crippen LogP contribution in [0.4, 0.5) is 0 Å². The number of carbonyl (C=O) groups is 1. The highest BCUT2D eigenvalue weighted by Crippen LogP contribution is 2.29. The van der Waals surface area contributed by atoms with E-state index in [-0.39, 0.29) is 11.9 Å². The van der Waals surface area contributed by atoms with E-state index in [1.54, 1.807) is 0 Å². The van der Waals surface area contributed by atoms with E-state index in [2.05, 4.69) is 33.4 Å². The Bertz CT molecular complexity index is 1150. The number of aromatic nitrogens is 1. The molecule has 1 fully saturated rings. The Labute approximate surface area is 189 Å². The normalized spacial score (nSPS) is 21.1. The summed E-state index contributed by atoms with van der Waals surface area (Å²) in [5.41, 5.74) is 5.22. The van der Waals surface area contributed by atoms with E-state index >= 15 is 0 Å². The Kier molecular flexibility index (Phi) is 5.96. The van der Waals surface area contributed by atoms with E-state index in [9.17, 15) is 4.79 Å². The number of nitriles is 1. The minimum Gasteiger partial charge on any atom is -0.360 e. The van der Waals surface area contributed by atoms with Crippen molar-refractivity contribution in [1.82, 2.24) is 15.2 Å². The van der Waals surface area contributed by atoms with Crippen LogP contribution < -0.4 is 5.32 Å². The molecule has 2 aromatic carbocycles. The fourth-order valence-electron chi connectivity index (χ4n) is 5.36. The summed E-state index contributed by atoms with van der Waals surface area (Å²) in [4.78, 5) is 18.5. The molecule has 1 aliphatic carbocycles. The summed E-state index contributed by atoms with van der Waals surface area (Å²) in [6.07, 6.45) is 8.61. The predicted molar refractivity (Wildman–Crippen MR) is 126 cm³/mol. The summed E-state index contributed by atoms with van der Waals surface area (Å²) < 4.78 is 0. The van der Waals surface area contributed by atoms with E-state index in [1.807, 2.05) is 36.5 Å². The van der Waals surface area contributed by atoms with Crippen LogP contribution in [-0.2, 0) is 13.0 Å². The van der Waals surface area contributed by atoms with Crippen molar-refractivity contribution in [2.45, 2.75) is 51.1 Å². The topological polar surface area (TPSA) is 71.9 Å². The molecule has 0 radical (unpaired) electrons. The molecule has 0 bridgehead atoms. The lowest BCUT2D eigenvalue weighted by Crippen LogP contribution is -2.38. The minimum absolute atomic E-state index is 0.0367. The SMILES string of the molecule is N#Cc1ccc2c(c1)CN(CCC1CCC(NC(=O)c3c[nH]c4ccccc34)CC1)CC2. The Morgan fingerprint density at radius 3 is 2.81 bits per heavy atom. The van der Waals surface area contributed by atoms with Crippen LogP contribution in [0.1, 0.15) is 59.2 Å². The molecular weight excluding hydrogens is 396 g/mol. The molecule has 164 valence electrons. The first kappa shape index (κ1) is 20.8. The van der Waals surface area contributed by atoms with Crippen molar-refractivity contribution in [3.05, 3.63) is 70.9 Å². The van der Waals surface area contributed by atoms with Crippen molar-refractivity contribution in [3.63, 3.8) is 0 Å². The smallest absolute Gasteiger partial charge is 0.253 e. The molecule has 0 spiro atoms. The van der Waals surface area contributed by atoms with Crippen molar-refractivity contribution in [3.8, 4) is 6.07 Å². The van der Waals surface area contributed by atoms with Crippen LogP contribution >= 0.6 is 0 Å². The lowest BCUT2D eigenvalue weighted by molar-refractivity contribution is 0.0921. The number of H-pyrrole nitrogens is 1. The number of benzene rings is 2. The van der Waals surface area contributed by atoms with Crippen LogP contribution in [0.15, 0.2) is 48.7 Å². The first-order chi connectivity index (χ1) is 15.7. The Hall–Kier alpha value is -3.10. The molecule has 2 heterocycles. The van der Waals surface area contributed by atoms with E-state index < -0.39 is 0 Å². The average Bonchev–Trinajstić information content (AvgIpc) is 3.27. The summed E-state index contributed by atoms with van der Waals surface area (Å²) in [6, 6.07) is 16.6. The van der Waals surface area contributed by atoms with Crippen LogP contribution in [0.25, 0.3) is 10.9 Å². The van der Waals surface area contributed by atoms with Crippen molar-refractivity contribution in [2.75, 3.05) is 13.1 Å². The molecule has 1 saturated carbocycles. The third-order valence-electron chi connectivity index (χ3n) is 7.30. The van der Waals surface area contributed by atoms with E-state index in [1.165, 1.54) is 30.4 Å². The van der Waals surface area contributed by atoms with Crippen LogP contribution in [-0.4, -0.2) is 34.9 Å². The molecule has 1 aliphatic heterocycles. The van der Waals surface area contributed by atoms with Crippen LogP contribution in [0.5, 0.6) is 0 Å². The van der Waals surface area contributed by atoms with Crippen molar-refractivity contribution in [1.29, 1.82) is 5.26 Å². The number of carbonyl (C=O) groups excluding carboxylic acids is 1. The lowest BCUT2D eigenvalue weighted by atomic mass is 9.83. The van der Waals surface area contributed by atoms with Crippen molar-refractivity contribution in [2.24, 2.45) is 5.92 Å². The van der Waals surface area contributed by atoms with Gasteiger partial charge in [-0.15, -0.1) is 0 Å². The number of para-hydroxylation sites is 1. The number of amides is 1. The van der Waals surface area contributed by atoms with Gasteiger partial charge in [-0.3, -0.25) is 9.69 Å². The first-order valence-electron chi connectivity index (χ1n) is 11.8. The van der Waals surface area contributed by atoms with Gasteiger partial charge in [-0.2, -0.15) is 5.26 Å². The number of nitrogens with one attached hydrogen (secondary N) is 2. The van der Waals surface area contributed by atoms with Gasteiger partial charge in [-0.1, -0.05) is 24.3 Å². The molecule has 1 amide bonds. The van der Waals surface area contributed by atoms with E-state index in [4.69, 9.17) is 5.26 Å². The van der Waals surface area contributed by atoms with Gasteiger partial charge >= 0.3 is 0 Å². The van der Waals surface area contributed by atoms with Crippen LogP contribution in [0, 0.1) is 17.2 Å². The maximum Gasteiger partial charge on any atom is 0.253 e. The molecule has 2 aliphatic rings. The third kappa shape index (κ3) is 4.42. The average molecular weight is 427 g/mol. The maximum absolute atomic E-state index is 12.8. The van der Waals surface area contributed by atoms with Gasteiger partial charge in [0.05, 0.1) is 17.2 Å². The maximum atomic E-state index is 12.8. The molecule has 5 rings (SSSR count). The first-order valence-corrected chi connectivity index (χ1v) is 11.8. The highest BCUT2D eigenvalue weighted by atomic mass is 16.1. The number of aromatic amines is 1. The monoisotopic (exact) mass is 426 g/mol. The van der Waals surface area contributed by atoms with Gasteiger partial charge in [0.2, 0.25) is 0 Å². The van der Waals surface area contributed by atoms with Crippen molar-refractivity contribution >= 4 is 16.8 Å². The van der Waals surface area contributed by atoms with Gasteiger partial charge in [-0.05, 0) is 80.3 Å². The lowest BCUT2D eigenvalue weighted by Gasteiger charge is -2.33. The standard InChI is InChI=1S/C27H30N4O/c28-16-20-5-8-21-12-14-31(18-22(21)15-20)13-11-19-6-9-23(10-7-19)30-27(32)25-17-29-26-4-2-1-3-24(25)26/h1-5,8,15,17,19,23,29H,6-7,9-14,18H2,(H,30,32). The molecule has 0 atom stereocenters. The number of rotatable bonds is 5. The highest BCUT2D eigenvalue weighted by Gasteiger charge is 2.25. The molecule has 5 heteroatoms. The summed E-state index contributed by atoms with van der Waals surface area (Å²) in [7, 11) is 0. The van der Waals surface area contributed by atoms with E-state index in [0.29, 0.717) is 0 Å². The zero-order valence-electron chi connectivity index (χ0n) is 18.4. The zero-order valence-corrected chi connectivity index (χ0v) is 18.4. The predicted octanol–water partition coefficient (Wildman–Crippen LogP) is 4.78. The number of fused-ring (bicyclic) bond motifs is 2.